The van der Waals surface area contributed by atoms with Crippen LogP contribution >= 0.6 is 0 Å². The first-order valence-corrected chi connectivity index (χ1v) is 13.0. The molecule has 192 valence electrons. The zero-order valence-electron chi connectivity index (χ0n) is 21.9. The van der Waals surface area contributed by atoms with Gasteiger partial charge in [0.2, 0.25) is 0 Å². The first kappa shape index (κ1) is 26.0. The SMILES string of the molecule is C\C=C/C(C(=O)O)=C(\C=C\CC)NC[C@@H]1CCCc2cc(N(C)c3ccc(-n4cccn4)cc3)ccc21. The molecular weight excluding hydrogens is 460 g/mol. The Kier molecular flexibility index (Phi) is 8.62. The number of nitrogens with one attached hydrogen (secondary N) is 1. The number of benzene rings is 2. The van der Waals surface area contributed by atoms with E-state index >= 15 is 0 Å². The first-order valence-electron chi connectivity index (χ1n) is 13.0. The Labute approximate surface area is 219 Å². The molecule has 0 radical (unpaired) electrons. The highest BCUT2D eigenvalue weighted by molar-refractivity contribution is 5.91. The number of carboxylic acids is 1. The summed E-state index contributed by atoms with van der Waals surface area (Å²) in [5.74, 6) is -0.585. The lowest BCUT2D eigenvalue weighted by Crippen LogP contribution is -2.25. The van der Waals surface area contributed by atoms with Crippen LogP contribution < -0.4 is 10.2 Å². The molecule has 1 aliphatic rings. The summed E-state index contributed by atoms with van der Waals surface area (Å²) >= 11 is 0. The van der Waals surface area contributed by atoms with Gasteiger partial charge >= 0.3 is 5.97 Å². The van der Waals surface area contributed by atoms with Crippen LogP contribution in [0.2, 0.25) is 0 Å². The monoisotopic (exact) mass is 496 g/mol. The van der Waals surface area contributed by atoms with Crippen LogP contribution in [0.5, 0.6) is 0 Å². The van der Waals surface area contributed by atoms with Gasteiger partial charge in [-0.05, 0) is 98.4 Å². The second kappa shape index (κ2) is 12.3. The Bertz CT molecular complexity index is 1290. The topological polar surface area (TPSA) is 70.4 Å². The number of fused-ring (bicyclic) bond motifs is 1. The fraction of sp³-hybridized carbons (Fsp3) is 0.290. The van der Waals surface area contributed by atoms with Crippen molar-refractivity contribution in [1.29, 1.82) is 0 Å². The van der Waals surface area contributed by atoms with E-state index in [1.807, 2.05) is 42.9 Å². The van der Waals surface area contributed by atoms with Gasteiger partial charge in [-0.15, -0.1) is 0 Å². The van der Waals surface area contributed by atoms with Crippen molar-refractivity contribution in [2.24, 2.45) is 0 Å². The zero-order valence-corrected chi connectivity index (χ0v) is 21.9. The van der Waals surface area contributed by atoms with Crippen LogP contribution in [0, 0.1) is 0 Å². The van der Waals surface area contributed by atoms with E-state index in [4.69, 9.17) is 0 Å². The second-order valence-corrected chi connectivity index (χ2v) is 9.32. The molecule has 0 saturated heterocycles. The Morgan fingerprint density at radius 1 is 1.19 bits per heavy atom. The third-order valence-electron chi connectivity index (χ3n) is 6.87. The third-order valence-corrected chi connectivity index (χ3v) is 6.87. The van der Waals surface area contributed by atoms with Gasteiger partial charge in [-0.2, -0.15) is 5.10 Å². The highest BCUT2D eigenvalue weighted by Gasteiger charge is 2.22. The number of anilines is 2. The number of hydrogen-bond donors (Lipinski definition) is 2. The largest absolute Gasteiger partial charge is 0.478 e. The van der Waals surface area contributed by atoms with Crippen LogP contribution in [-0.4, -0.2) is 34.4 Å². The minimum atomic E-state index is -0.921. The van der Waals surface area contributed by atoms with Crippen LogP contribution in [-0.2, 0) is 11.2 Å². The van der Waals surface area contributed by atoms with Gasteiger partial charge in [0.15, 0.2) is 0 Å². The fourth-order valence-corrected chi connectivity index (χ4v) is 4.88. The maximum Gasteiger partial charge on any atom is 0.337 e. The van der Waals surface area contributed by atoms with Crippen LogP contribution in [0.1, 0.15) is 50.2 Å². The number of carbonyl (C=O) groups is 1. The Morgan fingerprint density at radius 3 is 2.65 bits per heavy atom. The van der Waals surface area contributed by atoms with Crippen molar-refractivity contribution in [3.63, 3.8) is 0 Å². The summed E-state index contributed by atoms with van der Waals surface area (Å²) in [7, 11) is 2.10. The van der Waals surface area contributed by atoms with Gasteiger partial charge < -0.3 is 15.3 Å². The molecule has 4 rings (SSSR count). The van der Waals surface area contributed by atoms with Crippen molar-refractivity contribution in [2.75, 3.05) is 18.5 Å². The van der Waals surface area contributed by atoms with Gasteiger partial charge in [0, 0.05) is 49.0 Å². The highest BCUT2D eigenvalue weighted by Crippen LogP contribution is 2.35. The van der Waals surface area contributed by atoms with Crippen molar-refractivity contribution < 1.29 is 9.90 Å². The van der Waals surface area contributed by atoms with Gasteiger partial charge in [0.1, 0.15) is 0 Å². The quantitative estimate of drug-likeness (QED) is 0.247. The minimum absolute atomic E-state index is 0.291. The molecule has 0 aliphatic heterocycles. The van der Waals surface area contributed by atoms with Crippen molar-refractivity contribution in [2.45, 2.75) is 45.4 Å². The summed E-state index contributed by atoms with van der Waals surface area (Å²) in [5, 5.41) is 17.5. The summed E-state index contributed by atoms with van der Waals surface area (Å²) in [6.07, 6.45) is 15.1. The zero-order chi connectivity index (χ0) is 26.2. The lowest BCUT2D eigenvalue weighted by Gasteiger charge is -2.29. The number of allylic oxidation sites excluding steroid dienone is 3. The van der Waals surface area contributed by atoms with E-state index in [1.165, 1.54) is 11.1 Å². The second-order valence-electron chi connectivity index (χ2n) is 9.32. The van der Waals surface area contributed by atoms with Crippen LogP contribution in [0.4, 0.5) is 11.4 Å². The van der Waals surface area contributed by atoms with Crippen molar-refractivity contribution in [3.8, 4) is 5.69 Å². The molecule has 0 spiro atoms. The van der Waals surface area contributed by atoms with E-state index in [0.29, 0.717) is 23.7 Å². The molecule has 0 saturated carbocycles. The lowest BCUT2D eigenvalue weighted by atomic mass is 9.82. The van der Waals surface area contributed by atoms with E-state index in [9.17, 15) is 9.90 Å². The number of aromatic nitrogens is 2. The fourth-order valence-electron chi connectivity index (χ4n) is 4.88. The van der Waals surface area contributed by atoms with Crippen LogP contribution in [0.15, 0.2) is 96.5 Å². The Morgan fingerprint density at radius 2 is 1.97 bits per heavy atom. The summed E-state index contributed by atoms with van der Waals surface area (Å²) < 4.78 is 1.85. The molecule has 1 aromatic heterocycles. The molecule has 3 aromatic rings. The molecule has 0 bridgehead atoms. The molecule has 1 aliphatic carbocycles. The molecule has 0 fully saturated rings. The molecule has 0 unspecified atom stereocenters. The predicted molar refractivity (Wildman–Crippen MR) is 151 cm³/mol. The van der Waals surface area contributed by atoms with Gasteiger partial charge in [-0.25, -0.2) is 9.48 Å². The highest BCUT2D eigenvalue weighted by atomic mass is 16.4. The molecular formula is C31H36N4O2. The summed E-state index contributed by atoms with van der Waals surface area (Å²) in [5.41, 5.74) is 6.99. The summed E-state index contributed by atoms with van der Waals surface area (Å²) in [6.45, 7) is 4.59. The molecule has 37 heavy (non-hydrogen) atoms. The van der Waals surface area contributed by atoms with Crippen LogP contribution in [0.3, 0.4) is 0 Å². The standard InChI is InChI=1S/C31H36N4O2/c1-4-6-12-30(29(9-5-2)31(36)37)32-22-24-11-7-10-23-21-27(17-18-28(23)24)34(3)25-13-15-26(16-14-25)35-20-8-19-33-35/h5-6,8-9,12-21,24,32H,4,7,10-11,22H2,1-3H3,(H,36,37)/b9-5-,12-6+,30-29-/t24-/m0/s1. The van der Waals surface area contributed by atoms with Crippen LogP contribution in [0.25, 0.3) is 5.69 Å². The number of hydrogen-bond acceptors (Lipinski definition) is 4. The first-order chi connectivity index (χ1) is 18.0. The van der Waals surface area contributed by atoms with Crippen molar-refractivity contribution in [1.82, 2.24) is 15.1 Å². The van der Waals surface area contributed by atoms with Gasteiger partial charge in [0.05, 0.1) is 11.3 Å². The van der Waals surface area contributed by atoms with Gasteiger partial charge in [-0.3, -0.25) is 0 Å². The van der Waals surface area contributed by atoms with E-state index in [-0.39, 0.29) is 0 Å². The molecule has 2 N–H and O–H groups in total. The molecule has 1 atom stereocenters. The van der Waals surface area contributed by atoms with Crippen molar-refractivity contribution >= 4 is 17.3 Å². The average Bonchev–Trinajstić information content (AvgIpc) is 3.46. The Hall–Kier alpha value is -4.06. The van der Waals surface area contributed by atoms with Gasteiger partial charge in [0.25, 0.3) is 0 Å². The maximum atomic E-state index is 11.8. The number of aryl methyl sites for hydroxylation is 1. The predicted octanol–water partition coefficient (Wildman–Crippen LogP) is 6.53. The summed E-state index contributed by atoms with van der Waals surface area (Å²) in [4.78, 5) is 14.1. The van der Waals surface area contributed by atoms with E-state index in [1.54, 1.807) is 18.3 Å². The summed E-state index contributed by atoms with van der Waals surface area (Å²) in [6, 6.07) is 17.1. The number of carboxylic acid groups (broad SMARTS) is 1. The number of aliphatic carboxylic acids is 1. The average molecular weight is 497 g/mol. The molecule has 6 heteroatoms. The molecule has 6 nitrogen and oxygen atoms in total. The Balaban J connectivity index is 1.51. The normalized spacial score (nSPS) is 16.0. The maximum absolute atomic E-state index is 11.8. The molecule has 2 aromatic carbocycles. The number of nitrogens with zero attached hydrogens (tertiary/aromatic N) is 3. The van der Waals surface area contributed by atoms with Crippen molar-refractivity contribution in [3.05, 3.63) is 108 Å². The third kappa shape index (κ3) is 6.20. The number of rotatable bonds is 10. The van der Waals surface area contributed by atoms with E-state index in [2.05, 4.69) is 64.8 Å². The van der Waals surface area contributed by atoms with E-state index in [0.717, 1.165) is 42.7 Å². The smallest absolute Gasteiger partial charge is 0.337 e. The van der Waals surface area contributed by atoms with Gasteiger partial charge in [-0.1, -0.05) is 25.1 Å². The van der Waals surface area contributed by atoms with E-state index < -0.39 is 5.97 Å². The minimum Gasteiger partial charge on any atom is -0.478 e. The lowest BCUT2D eigenvalue weighted by molar-refractivity contribution is -0.132. The molecule has 0 amide bonds. The molecule has 1 heterocycles.